The van der Waals surface area contributed by atoms with Crippen molar-refractivity contribution < 1.29 is 19.1 Å². The van der Waals surface area contributed by atoms with Crippen molar-refractivity contribution in [3.63, 3.8) is 0 Å². The Morgan fingerprint density at radius 3 is 2.63 bits per heavy atom. The molecule has 1 N–H and O–H groups in total. The van der Waals surface area contributed by atoms with E-state index in [-0.39, 0.29) is 18.0 Å². The van der Waals surface area contributed by atoms with Crippen LogP contribution in [0.3, 0.4) is 0 Å². The van der Waals surface area contributed by atoms with Gasteiger partial charge in [0, 0.05) is 5.02 Å². The average molecular weight is 493 g/mol. The van der Waals surface area contributed by atoms with Gasteiger partial charge in [-0.2, -0.15) is 5.10 Å². The molecule has 0 aliphatic rings. The van der Waals surface area contributed by atoms with E-state index in [1.54, 1.807) is 32.0 Å². The van der Waals surface area contributed by atoms with Crippen LogP contribution in [0, 0.1) is 0 Å². The van der Waals surface area contributed by atoms with Crippen molar-refractivity contribution in [2.45, 2.75) is 20.0 Å². The molecule has 156 valence electrons. The first-order valence-electron chi connectivity index (χ1n) is 9.13. The van der Waals surface area contributed by atoms with Crippen LogP contribution in [0.15, 0.2) is 59.2 Å². The van der Waals surface area contributed by atoms with Gasteiger partial charge in [-0.05, 0) is 60.1 Å². The quantitative estimate of drug-likeness (QED) is 0.476. The molecule has 30 heavy (non-hydrogen) atoms. The van der Waals surface area contributed by atoms with Crippen LogP contribution in [0.1, 0.15) is 24.2 Å². The van der Waals surface area contributed by atoms with E-state index in [0.29, 0.717) is 20.9 Å². The number of amides is 1. The van der Waals surface area contributed by atoms with Gasteiger partial charge in [0.1, 0.15) is 11.3 Å². The van der Waals surface area contributed by atoms with Crippen LogP contribution < -0.4 is 10.1 Å². The molecule has 0 spiro atoms. The van der Waals surface area contributed by atoms with Gasteiger partial charge < -0.3 is 14.8 Å². The van der Waals surface area contributed by atoms with E-state index < -0.39 is 18.0 Å². The van der Waals surface area contributed by atoms with Crippen LogP contribution in [0.5, 0.6) is 5.75 Å². The van der Waals surface area contributed by atoms with E-state index in [2.05, 4.69) is 26.3 Å². The number of aromatic nitrogens is 2. The van der Waals surface area contributed by atoms with Crippen LogP contribution in [0.25, 0.3) is 5.69 Å². The molecule has 3 rings (SSSR count). The molecule has 1 aromatic heterocycles. The highest BCUT2D eigenvalue weighted by Crippen LogP contribution is 2.29. The first kappa shape index (κ1) is 21.9. The van der Waals surface area contributed by atoms with Crippen molar-refractivity contribution in [2.24, 2.45) is 0 Å². The monoisotopic (exact) mass is 491 g/mol. The fourth-order valence-electron chi connectivity index (χ4n) is 2.62. The lowest BCUT2D eigenvalue weighted by Crippen LogP contribution is -2.31. The number of ether oxygens (including phenoxy) is 2. The van der Waals surface area contributed by atoms with Gasteiger partial charge in [0.25, 0.3) is 5.91 Å². The van der Waals surface area contributed by atoms with Gasteiger partial charge in [0.2, 0.25) is 0 Å². The third kappa shape index (κ3) is 5.01. The summed E-state index contributed by atoms with van der Waals surface area (Å²) in [5.74, 6) is -0.372. The highest BCUT2D eigenvalue weighted by molar-refractivity contribution is 9.10. The molecule has 1 atom stereocenters. The third-order valence-electron chi connectivity index (χ3n) is 4.07. The number of nitrogens with zero attached hydrogens (tertiary/aromatic N) is 2. The molecule has 0 bridgehead atoms. The van der Waals surface area contributed by atoms with Gasteiger partial charge in [0.05, 0.1) is 23.0 Å². The predicted molar refractivity (Wildman–Crippen MR) is 117 cm³/mol. The number of carbonyl (C=O) groups is 2. The van der Waals surface area contributed by atoms with Crippen molar-refractivity contribution in [3.8, 4) is 11.4 Å². The SMILES string of the molecule is CCOC(=O)c1cnn(-c2ccccc2)c1NC(=O)C(C)Oc1ccc(Cl)cc1Br. The lowest BCUT2D eigenvalue weighted by atomic mass is 10.2. The molecule has 1 amide bonds. The molecule has 7 nitrogen and oxygen atoms in total. The van der Waals surface area contributed by atoms with Crippen LogP contribution in [0.4, 0.5) is 5.82 Å². The van der Waals surface area contributed by atoms with E-state index in [4.69, 9.17) is 21.1 Å². The number of anilines is 1. The number of hydrogen-bond acceptors (Lipinski definition) is 5. The predicted octanol–water partition coefficient (Wildman–Crippen LogP) is 4.87. The molecule has 0 saturated heterocycles. The summed E-state index contributed by atoms with van der Waals surface area (Å²) in [6.45, 7) is 3.51. The van der Waals surface area contributed by atoms with Crippen LogP contribution in [-0.2, 0) is 9.53 Å². The normalized spacial score (nSPS) is 11.6. The summed E-state index contributed by atoms with van der Waals surface area (Å²) < 4.78 is 12.9. The first-order chi connectivity index (χ1) is 14.4. The number of hydrogen-bond donors (Lipinski definition) is 1. The minimum atomic E-state index is -0.864. The minimum Gasteiger partial charge on any atom is -0.480 e. The maximum Gasteiger partial charge on any atom is 0.343 e. The number of nitrogens with one attached hydrogen (secondary N) is 1. The maximum atomic E-state index is 12.8. The molecule has 9 heteroatoms. The van der Waals surface area contributed by atoms with E-state index in [1.807, 2.05) is 30.3 Å². The Bertz CT molecular complexity index is 1060. The number of para-hydroxylation sites is 1. The smallest absolute Gasteiger partial charge is 0.343 e. The molecule has 3 aromatic rings. The van der Waals surface area contributed by atoms with Gasteiger partial charge in [-0.15, -0.1) is 0 Å². The van der Waals surface area contributed by atoms with Crippen LogP contribution in [-0.4, -0.2) is 34.4 Å². The van der Waals surface area contributed by atoms with Crippen molar-refractivity contribution in [1.29, 1.82) is 0 Å². The molecule has 2 aromatic carbocycles. The van der Waals surface area contributed by atoms with Crippen molar-refractivity contribution in [1.82, 2.24) is 9.78 Å². The molecular weight excluding hydrogens is 474 g/mol. The number of halogens is 2. The second kappa shape index (κ2) is 9.77. The molecule has 1 unspecified atom stereocenters. The Balaban J connectivity index is 1.87. The summed E-state index contributed by atoms with van der Waals surface area (Å²) in [7, 11) is 0. The summed E-state index contributed by atoms with van der Waals surface area (Å²) in [5.41, 5.74) is 0.825. The average Bonchev–Trinajstić information content (AvgIpc) is 3.14. The Hall–Kier alpha value is -2.84. The summed E-state index contributed by atoms with van der Waals surface area (Å²) in [6, 6.07) is 14.1. The van der Waals surface area contributed by atoms with Gasteiger partial charge in [-0.3, -0.25) is 4.79 Å². The van der Waals surface area contributed by atoms with Gasteiger partial charge >= 0.3 is 5.97 Å². The molecule has 1 heterocycles. The molecule has 0 fully saturated rings. The Kier molecular flexibility index (Phi) is 7.12. The summed E-state index contributed by atoms with van der Waals surface area (Å²) >= 11 is 9.30. The fourth-order valence-corrected chi connectivity index (χ4v) is 3.40. The van der Waals surface area contributed by atoms with Crippen molar-refractivity contribution >= 4 is 45.2 Å². The maximum absolute atomic E-state index is 12.8. The number of rotatable bonds is 7. The molecular formula is C21H19BrClN3O4. The molecule has 0 aliphatic carbocycles. The largest absolute Gasteiger partial charge is 0.480 e. The molecule has 0 aliphatic heterocycles. The lowest BCUT2D eigenvalue weighted by Gasteiger charge is -2.17. The van der Waals surface area contributed by atoms with E-state index in [1.165, 1.54) is 10.9 Å². The van der Waals surface area contributed by atoms with E-state index in [9.17, 15) is 9.59 Å². The topological polar surface area (TPSA) is 82.5 Å². The Morgan fingerprint density at radius 1 is 1.23 bits per heavy atom. The Labute approximate surface area is 187 Å². The van der Waals surface area contributed by atoms with Crippen molar-refractivity contribution in [3.05, 3.63) is 69.8 Å². The zero-order chi connectivity index (χ0) is 21.7. The lowest BCUT2D eigenvalue weighted by molar-refractivity contribution is -0.122. The van der Waals surface area contributed by atoms with Crippen LogP contribution in [0.2, 0.25) is 5.02 Å². The summed E-state index contributed by atoms with van der Waals surface area (Å²) in [6.07, 6.45) is 0.499. The number of esters is 1. The second-order valence-electron chi connectivity index (χ2n) is 6.20. The number of benzene rings is 2. The van der Waals surface area contributed by atoms with Gasteiger partial charge in [-0.1, -0.05) is 29.8 Å². The molecule has 0 saturated carbocycles. The van der Waals surface area contributed by atoms with Gasteiger partial charge in [-0.25, -0.2) is 9.48 Å². The fraction of sp³-hybridized carbons (Fsp3) is 0.190. The zero-order valence-electron chi connectivity index (χ0n) is 16.3. The minimum absolute atomic E-state index is 0.147. The third-order valence-corrected chi connectivity index (χ3v) is 4.93. The number of carbonyl (C=O) groups excluding carboxylic acids is 2. The highest BCUT2D eigenvalue weighted by Gasteiger charge is 2.24. The Morgan fingerprint density at radius 2 is 1.97 bits per heavy atom. The summed E-state index contributed by atoms with van der Waals surface area (Å²) in [5, 5.41) is 7.53. The second-order valence-corrected chi connectivity index (χ2v) is 7.49. The zero-order valence-corrected chi connectivity index (χ0v) is 18.6. The van der Waals surface area contributed by atoms with E-state index in [0.717, 1.165) is 0 Å². The first-order valence-corrected chi connectivity index (χ1v) is 10.3. The van der Waals surface area contributed by atoms with Crippen molar-refractivity contribution in [2.75, 3.05) is 11.9 Å². The van der Waals surface area contributed by atoms with Gasteiger partial charge in [0.15, 0.2) is 11.9 Å². The standard InChI is InChI=1S/C21H19BrClN3O4/c1-3-29-21(28)16-12-24-26(15-7-5-4-6-8-15)19(16)25-20(27)13(2)30-18-10-9-14(23)11-17(18)22/h4-13H,3H2,1-2H3,(H,25,27). The van der Waals surface area contributed by atoms with Crippen LogP contribution >= 0.6 is 27.5 Å². The van der Waals surface area contributed by atoms with E-state index >= 15 is 0 Å². The molecule has 0 radical (unpaired) electrons. The highest BCUT2D eigenvalue weighted by atomic mass is 79.9. The summed E-state index contributed by atoms with van der Waals surface area (Å²) in [4.78, 5) is 25.2.